The Kier molecular flexibility index (Phi) is 5.20. The summed E-state index contributed by atoms with van der Waals surface area (Å²) in [5, 5.41) is 0. The Morgan fingerprint density at radius 1 is 1.13 bits per heavy atom. The number of hydrogen-bond acceptors (Lipinski definition) is 4. The first-order valence-corrected chi connectivity index (χ1v) is 9.46. The van der Waals surface area contributed by atoms with Crippen LogP contribution in [0.3, 0.4) is 0 Å². The van der Waals surface area contributed by atoms with Gasteiger partial charge in [0.2, 0.25) is 6.43 Å². The van der Waals surface area contributed by atoms with E-state index in [0.29, 0.717) is 22.3 Å². The summed E-state index contributed by atoms with van der Waals surface area (Å²) in [5.74, 6) is -0.388. The highest BCUT2D eigenvalue weighted by molar-refractivity contribution is 5.76. The Balaban J connectivity index is 1.84. The van der Waals surface area contributed by atoms with Crippen LogP contribution >= 0.6 is 0 Å². The van der Waals surface area contributed by atoms with Crippen molar-refractivity contribution in [2.75, 3.05) is 6.61 Å². The van der Waals surface area contributed by atoms with Crippen molar-refractivity contribution in [1.82, 2.24) is 4.98 Å². The Labute approximate surface area is 172 Å². The molecule has 0 spiro atoms. The lowest BCUT2D eigenvalue weighted by molar-refractivity contribution is 0.149. The van der Waals surface area contributed by atoms with E-state index in [9.17, 15) is 13.2 Å². The van der Waals surface area contributed by atoms with Crippen molar-refractivity contribution in [2.45, 2.75) is 25.3 Å². The molecule has 4 rings (SSSR count). The topological polar surface area (TPSA) is 60.5 Å². The first kappa shape index (κ1) is 19.9. The molecular formula is C23H20F3N3O. The lowest BCUT2D eigenvalue weighted by Gasteiger charge is -2.27. The van der Waals surface area contributed by atoms with Gasteiger partial charge < -0.3 is 10.5 Å². The van der Waals surface area contributed by atoms with Crippen molar-refractivity contribution < 1.29 is 17.9 Å². The lowest BCUT2D eigenvalue weighted by atomic mass is 9.82. The molecule has 2 aromatic carbocycles. The van der Waals surface area contributed by atoms with Gasteiger partial charge in [0.15, 0.2) is 5.54 Å². The summed E-state index contributed by atoms with van der Waals surface area (Å²) in [7, 11) is 0. The van der Waals surface area contributed by atoms with Crippen molar-refractivity contribution in [3.63, 3.8) is 0 Å². The maximum Gasteiger partial charge on any atom is 0.283 e. The molecule has 0 aliphatic carbocycles. The number of aliphatic imine (C=N–C) groups is 1. The number of rotatable bonds is 5. The normalized spacial score (nSPS) is 18.4. The summed E-state index contributed by atoms with van der Waals surface area (Å²) >= 11 is 0. The maximum atomic E-state index is 14.6. The van der Waals surface area contributed by atoms with Crippen molar-refractivity contribution in [1.29, 1.82) is 0 Å². The number of hydrogen-bond donors (Lipinski definition) is 1. The van der Waals surface area contributed by atoms with Crippen molar-refractivity contribution >= 4 is 6.02 Å². The third-order valence-electron chi connectivity index (χ3n) is 5.34. The van der Waals surface area contributed by atoms with E-state index in [2.05, 4.69) is 9.98 Å². The number of ether oxygens (including phenoxy) is 1. The van der Waals surface area contributed by atoms with Crippen molar-refractivity contribution in [3.05, 3.63) is 89.0 Å². The predicted molar refractivity (Wildman–Crippen MR) is 109 cm³/mol. The Hall–Kier alpha value is -3.35. The van der Waals surface area contributed by atoms with Gasteiger partial charge in [0.25, 0.3) is 6.02 Å². The highest BCUT2D eigenvalue weighted by Crippen LogP contribution is 2.40. The number of nitrogens with zero attached hydrogens (tertiary/aromatic N) is 2. The second kappa shape index (κ2) is 7.82. The van der Waals surface area contributed by atoms with Gasteiger partial charge in [0.1, 0.15) is 12.4 Å². The fourth-order valence-electron chi connectivity index (χ4n) is 3.77. The van der Waals surface area contributed by atoms with Crippen LogP contribution < -0.4 is 5.73 Å². The van der Waals surface area contributed by atoms with Gasteiger partial charge in [-0.3, -0.25) is 4.98 Å². The van der Waals surface area contributed by atoms with Gasteiger partial charge in [0.05, 0.1) is 0 Å². The molecule has 2 heterocycles. The van der Waals surface area contributed by atoms with Crippen LogP contribution in [0.4, 0.5) is 13.2 Å². The summed E-state index contributed by atoms with van der Waals surface area (Å²) in [5.41, 5.74) is 8.57. The van der Waals surface area contributed by atoms with Crippen LogP contribution in [0.15, 0.2) is 65.9 Å². The molecule has 0 saturated carbocycles. The number of benzene rings is 2. The van der Waals surface area contributed by atoms with Gasteiger partial charge in [-0.05, 0) is 47.4 Å². The van der Waals surface area contributed by atoms with Crippen LogP contribution in [0.1, 0.15) is 22.3 Å². The fraction of sp³-hybridized carbons (Fsp3) is 0.217. The summed E-state index contributed by atoms with van der Waals surface area (Å²) in [6, 6.07) is 13.5. The molecule has 3 aromatic rings. The molecule has 1 aliphatic rings. The van der Waals surface area contributed by atoms with E-state index in [4.69, 9.17) is 10.5 Å². The summed E-state index contributed by atoms with van der Waals surface area (Å²) in [6.45, 7) is 1.91. The number of alkyl halides is 2. The number of aryl methyl sites for hydroxylation is 1. The minimum Gasteiger partial charge on any atom is -0.462 e. The number of amidine groups is 1. The molecule has 1 aromatic heterocycles. The minimum absolute atomic E-state index is 0.0246. The number of pyridine rings is 1. The zero-order valence-electron chi connectivity index (χ0n) is 16.3. The average Bonchev–Trinajstić information content (AvgIpc) is 3.13. The van der Waals surface area contributed by atoms with Gasteiger partial charge in [-0.25, -0.2) is 18.2 Å². The van der Waals surface area contributed by atoms with E-state index >= 15 is 0 Å². The molecule has 0 radical (unpaired) electrons. The highest BCUT2D eigenvalue weighted by atomic mass is 19.3. The molecule has 30 heavy (non-hydrogen) atoms. The van der Waals surface area contributed by atoms with Gasteiger partial charge >= 0.3 is 0 Å². The van der Waals surface area contributed by atoms with Gasteiger partial charge in [-0.1, -0.05) is 30.3 Å². The predicted octanol–water partition coefficient (Wildman–Crippen LogP) is 4.59. The summed E-state index contributed by atoms with van der Waals surface area (Å²) < 4.78 is 45.8. The largest absolute Gasteiger partial charge is 0.462 e. The fourth-order valence-corrected chi connectivity index (χ4v) is 3.77. The molecule has 4 nitrogen and oxygen atoms in total. The summed E-state index contributed by atoms with van der Waals surface area (Å²) in [4.78, 5) is 8.60. The first-order valence-electron chi connectivity index (χ1n) is 9.46. The number of halogens is 3. The monoisotopic (exact) mass is 411 g/mol. The van der Waals surface area contributed by atoms with E-state index in [-0.39, 0.29) is 24.9 Å². The van der Waals surface area contributed by atoms with Crippen LogP contribution in [-0.4, -0.2) is 24.0 Å². The standard InChI is InChI=1S/C23H20F3N3O/c1-14-9-17(5-4-15(14)10-21(25)26)23(13-30-22(27)29-23)18-6-7-20(24)19(11-18)16-3-2-8-28-12-16/h2-9,11-12,21H,10,13H2,1H3,(H2,27,29). The van der Waals surface area contributed by atoms with E-state index in [1.165, 1.54) is 6.07 Å². The van der Waals surface area contributed by atoms with Crippen LogP contribution in [0.5, 0.6) is 0 Å². The van der Waals surface area contributed by atoms with Gasteiger partial charge in [-0.15, -0.1) is 0 Å². The molecular weight excluding hydrogens is 391 g/mol. The minimum atomic E-state index is -2.42. The Bertz CT molecular complexity index is 1100. The van der Waals surface area contributed by atoms with Gasteiger partial charge in [0, 0.05) is 29.9 Å². The maximum absolute atomic E-state index is 14.6. The molecule has 0 saturated heterocycles. The molecule has 154 valence electrons. The highest BCUT2D eigenvalue weighted by Gasteiger charge is 2.40. The Morgan fingerprint density at radius 2 is 1.90 bits per heavy atom. The molecule has 0 bridgehead atoms. The van der Waals surface area contributed by atoms with Crippen LogP contribution in [0.25, 0.3) is 11.1 Å². The third-order valence-corrected chi connectivity index (χ3v) is 5.34. The SMILES string of the molecule is Cc1cc(C2(c3ccc(F)c(-c4cccnc4)c3)COC(N)=N2)ccc1CC(F)F. The second-order valence-electron chi connectivity index (χ2n) is 7.27. The molecule has 7 heteroatoms. The van der Waals surface area contributed by atoms with E-state index in [1.807, 2.05) is 6.07 Å². The molecule has 0 fully saturated rings. The van der Waals surface area contributed by atoms with Crippen molar-refractivity contribution in [3.8, 4) is 11.1 Å². The van der Waals surface area contributed by atoms with Crippen LogP contribution in [0, 0.1) is 12.7 Å². The molecule has 2 N–H and O–H groups in total. The lowest BCUT2D eigenvalue weighted by Crippen LogP contribution is -2.27. The summed E-state index contributed by atoms with van der Waals surface area (Å²) in [6.07, 6.45) is 0.460. The zero-order chi connectivity index (χ0) is 21.3. The van der Waals surface area contributed by atoms with E-state index < -0.39 is 12.0 Å². The smallest absolute Gasteiger partial charge is 0.283 e. The molecule has 1 aliphatic heterocycles. The van der Waals surface area contributed by atoms with E-state index in [0.717, 1.165) is 11.1 Å². The molecule has 1 unspecified atom stereocenters. The Morgan fingerprint density at radius 3 is 2.53 bits per heavy atom. The van der Waals surface area contributed by atoms with Crippen LogP contribution in [-0.2, 0) is 16.7 Å². The molecule has 0 amide bonds. The quantitative estimate of drug-likeness (QED) is 0.668. The third kappa shape index (κ3) is 3.63. The van der Waals surface area contributed by atoms with Crippen molar-refractivity contribution in [2.24, 2.45) is 10.7 Å². The number of aromatic nitrogens is 1. The number of nitrogens with two attached hydrogens (primary N) is 1. The van der Waals surface area contributed by atoms with Gasteiger partial charge in [-0.2, -0.15) is 0 Å². The average molecular weight is 411 g/mol. The second-order valence-corrected chi connectivity index (χ2v) is 7.27. The first-order chi connectivity index (χ1) is 14.4. The van der Waals surface area contributed by atoms with E-state index in [1.54, 1.807) is 55.7 Å². The van der Waals surface area contributed by atoms with Crippen LogP contribution in [0.2, 0.25) is 0 Å². The molecule has 1 atom stereocenters. The zero-order valence-corrected chi connectivity index (χ0v) is 16.3.